The summed E-state index contributed by atoms with van der Waals surface area (Å²) in [5, 5.41) is 19.9. The number of aryl methyl sites for hydroxylation is 1. The van der Waals surface area contributed by atoms with Gasteiger partial charge in [-0.15, -0.1) is 0 Å². The number of anilines is 2. The van der Waals surface area contributed by atoms with Crippen LogP contribution in [0, 0.1) is 18.0 Å². The third-order valence-electron chi connectivity index (χ3n) is 7.58. The SMILES string of the molecule is Cc1ccc(NC(=O)C2NNc3ccccc32)cc1C1CC2CNC(C)CC2[N+](C)([O-])C1=O. The van der Waals surface area contributed by atoms with E-state index in [4.69, 9.17) is 0 Å². The van der Waals surface area contributed by atoms with Crippen LogP contribution in [0.4, 0.5) is 11.4 Å². The highest BCUT2D eigenvalue weighted by Gasteiger charge is 2.50. The van der Waals surface area contributed by atoms with Crippen molar-refractivity contribution in [2.75, 3.05) is 24.3 Å². The summed E-state index contributed by atoms with van der Waals surface area (Å²) in [5.74, 6) is -0.804. The summed E-state index contributed by atoms with van der Waals surface area (Å²) in [4.78, 5) is 26.4. The quantitative estimate of drug-likeness (QED) is 0.424. The fourth-order valence-electron chi connectivity index (χ4n) is 5.71. The number of quaternary nitrogens is 1. The number of rotatable bonds is 3. The topological polar surface area (TPSA) is 105 Å². The van der Waals surface area contributed by atoms with Crippen molar-refractivity contribution in [2.45, 2.75) is 50.7 Å². The van der Waals surface area contributed by atoms with Crippen LogP contribution in [0.1, 0.15) is 48.4 Å². The first-order chi connectivity index (χ1) is 15.8. The van der Waals surface area contributed by atoms with Gasteiger partial charge in [-0.2, -0.15) is 0 Å². The molecule has 0 saturated carbocycles. The second-order valence-corrected chi connectivity index (χ2v) is 9.84. The molecule has 0 bridgehead atoms. The van der Waals surface area contributed by atoms with Crippen molar-refractivity contribution >= 4 is 23.2 Å². The number of hydrogen-bond donors (Lipinski definition) is 4. The molecule has 4 N–H and O–H groups in total. The molecule has 8 nitrogen and oxygen atoms in total. The van der Waals surface area contributed by atoms with Crippen LogP contribution in [-0.2, 0) is 9.59 Å². The molecular formula is C25H31N5O3. The maximum atomic E-state index is 13.5. The van der Waals surface area contributed by atoms with Gasteiger partial charge in [0, 0.05) is 36.2 Å². The molecule has 2 aromatic carbocycles. The number of amides is 2. The predicted molar refractivity (Wildman–Crippen MR) is 127 cm³/mol. The summed E-state index contributed by atoms with van der Waals surface area (Å²) in [6.07, 6.45) is 1.36. The molecule has 2 fully saturated rings. The smallest absolute Gasteiger partial charge is 0.321 e. The van der Waals surface area contributed by atoms with E-state index in [1.165, 1.54) is 7.05 Å². The zero-order valence-corrected chi connectivity index (χ0v) is 19.2. The highest BCUT2D eigenvalue weighted by atomic mass is 16.6. The minimum absolute atomic E-state index is 0.148. The van der Waals surface area contributed by atoms with Gasteiger partial charge in [-0.3, -0.25) is 9.44 Å². The van der Waals surface area contributed by atoms with Gasteiger partial charge >= 0.3 is 5.91 Å². The molecule has 0 radical (unpaired) electrons. The van der Waals surface area contributed by atoms with E-state index >= 15 is 0 Å². The highest BCUT2D eigenvalue weighted by molar-refractivity contribution is 5.97. The molecule has 5 rings (SSSR count). The van der Waals surface area contributed by atoms with Gasteiger partial charge in [-0.1, -0.05) is 24.3 Å². The number of hydroxylamine groups is 3. The Kier molecular flexibility index (Phi) is 5.49. The predicted octanol–water partition coefficient (Wildman–Crippen LogP) is 2.93. The Balaban J connectivity index is 1.39. The normalized spacial score (nSPS) is 33.1. The van der Waals surface area contributed by atoms with Crippen molar-refractivity contribution in [1.29, 1.82) is 0 Å². The average Bonchev–Trinajstić information content (AvgIpc) is 3.23. The Bertz CT molecular complexity index is 1100. The Labute approximate surface area is 193 Å². The number of fused-ring (bicyclic) bond motifs is 2. The largest absolute Gasteiger partial charge is 0.625 e. The zero-order valence-electron chi connectivity index (χ0n) is 19.2. The molecule has 8 heteroatoms. The van der Waals surface area contributed by atoms with Gasteiger partial charge in [-0.25, -0.2) is 10.2 Å². The first kappa shape index (κ1) is 22.0. The van der Waals surface area contributed by atoms with Crippen LogP contribution in [0.2, 0.25) is 0 Å². The number of para-hydroxylation sites is 1. The molecule has 6 atom stereocenters. The Morgan fingerprint density at radius 2 is 1.94 bits per heavy atom. The number of likely N-dealkylation sites (N-methyl/N-ethyl adjacent to an activating group) is 1. The Morgan fingerprint density at radius 1 is 1.15 bits per heavy atom. The lowest BCUT2D eigenvalue weighted by Gasteiger charge is -2.54. The van der Waals surface area contributed by atoms with Gasteiger partial charge in [-0.05, 0) is 49.6 Å². The lowest BCUT2D eigenvalue weighted by Crippen LogP contribution is -2.65. The van der Waals surface area contributed by atoms with E-state index in [9.17, 15) is 14.8 Å². The van der Waals surface area contributed by atoms with E-state index in [0.29, 0.717) is 18.5 Å². The van der Waals surface area contributed by atoms with E-state index < -0.39 is 16.6 Å². The van der Waals surface area contributed by atoms with Crippen LogP contribution in [0.3, 0.4) is 0 Å². The van der Waals surface area contributed by atoms with Crippen LogP contribution in [0.15, 0.2) is 42.5 Å². The third-order valence-corrected chi connectivity index (χ3v) is 7.58. The molecule has 2 aromatic rings. The molecular weight excluding hydrogens is 418 g/mol. The number of likely N-dealkylation sites (tertiary alicyclic amines) is 1. The van der Waals surface area contributed by atoms with Crippen LogP contribution < -0.4 is 21.5 Å². The second kappa shape index (κ2) is 8.22. The van der Waals surface area contributed by atoms with Crippen molar-refractivity contribution in [2.24, 2.45) is 5.92 Å². The fraction of sp³-hybridized carbons (Fsp3) is 0.440. The van der Waals surface area contributed by atoms with Gasteiger partial charge in [0.05, 0.1) is 12.7 Å². The first-order valence-electron chi connectivity index (χ1n) is 11.6. The number of benzene rings is 2. The monoisotopic (exact) mass is 449 g/mol. The number of carbonyl (C=O) groups excluding carboxylic acids is 2. The van der Waals surface area contributed by atoms with Crippen LogP contribution in [0.25, 0.3) is 0 Å². The maximum Gasteiger partial charge on any atom is 0.321 e. The summed E-state index contributed by atoms with van der Waals surface area (Å²) >= 11 is 0. The van der Waals surface area contributed by atoms with Crippen LogP contribution >= 0.6 is 0 Å². The summed E-state index contributed by atoms with van der Waals surface area (Å²) in [5.41, 5.74) is 10.2. The molecule has 33 heavy (non-hydrogen) atoms. The minimum Gasteiger partial charge on any atom is -0.625 e. The average molecular weight is 450 g/mol. The van der Waals surface area contributed by atoms with E-state index in [1.807, 2.05) is 49.4 Å². The van der Waals surface area contributed by atoms with Crippen molar-refractivity contribution in [3.63, 3.8) is 0 Å². The van der Waals surface area contributed by atoms with Gasteiger partial charge in [0.15, 0.2) is 0 Å². The number of nitrogens with one attached hydrogen (secondary N) is 4. The summed E-state index contributed by atoms with van der Waals surface area (Å²) < 4.78 is -0.828. The number of carbonyl (C=O) groups is 2. The van der Waals surface area contributed by atoms with E-state index in [-0.39, 0.29) is 29.8 Å². The summed E-state index contributed by atoms with van der Waals surface area (Å²) in [7, 11) is 1.52. The highest BCUT2D eigenvalue weighted by Crippen LogP contribution is 2.42. The van der Waals surface area contributed by atoms with Crippen molar-refractivity contribution < 1.29 is 14.2 Å². The molecule has 0 aliphatic carbocycles. The van der Waals surface area contributed by atoms with Crippen molar-refractivity contribution in [1.82, 2.24) is 10.7 Å². The molecule has 3 aliphatic rings. The van der Waals surface area contributed by atoms with Crippen LogP contribution in [0.5, 0.6) is 0 Å². The third kappa shape index (κ3) is 3.83. The Morgan fingerprint density at radius 3 is 2.76 bits per heavy atom. The fourth-order valence-corrected chi connectivity index (χ4v) is 5.71. The number of hydrazine groups is 1. The second-order valence-electron chi connectivity index (χ2n) is 9.84. The van der Waals surface area contributed by atoms with Gasteiger partial charge in [0.1, 0.15) is 18.0 Å². The molecule has 3 heterocycles. The summed E-state index contributed by atoms with van der Waals surface area (Å²) in [6.45, 7) is 4.77. The molecule has 174 valence electrons. The molecule has 6 unspecified atom stereocenters. The van der Waals surface area contributed by atoms with Gasteiger partial charge in [0.25, 0.3) is 0 Å². The molecule has 2 saturated heterocycles. The van der Waals surface area contributed by atoms with E-state index in [1.54, 1.807) is 0 Å². The number of nitrogens with zero attached hydrogens (tertiary/aromatic N) is 1. The number of piperidine rings is 2. The molecule has 0 aromatic heterocycles. The summed E-state index contributed by atoms with van der Waals surface area (Å²) in [6, 6.07) is 12.8. The van der Waals surface area contributed by atoms with Gasteiger partial charge in [0.2, 0.25) is 5.91 Å². The Hall–Kier alpha value is -2.78. The van der Waals surface area contributed by atoms with Crippen molar-refractivity contribution in [3.05, 3.63) is 64.4 Å². The molecule has 3 aliphatic heterocycles. The zero-order chi connectivity index (χ0) is 23.3. The molecule has 2 amide bonds. The van der Waals surface area contributed by atoms with E-state index in [2.05, 4.69) is 28.4 Å². The van der Waals surface area contributed by atoms with E-state index in [0.717, 1.165) is 28.9 Å². The standard InChI is InChI=1S/C25H31N5O3/c1-14-8-9-17(27-24(31)23-18-6-4-5-7-21(18)28-29-23)12-19(14)20-11-16-13-26-15(2)10-22(16)30(3,33)25(20)32/h4-9,12,15-16,20,22-23,26,28-29H,10-11,13H2,1-3H3,(H,27,31). The first-order valence-corrected chi connectivity index (χ1v) is 11.6. The van der Waals surface area contributed by atoms with Crippen molar-refractivity contribution in [3.8, 4) is 0 Å². The van der Waals surface area contributed by atoms with Gasteiger partial charge < -0.3 is 21.3 Å². The lowest BCUT2D eigenvalue weighted by atomic mass is 9.74. The molecule has 0 spiro atoms. The lowest BCUT2D eigenvalue weighted by molar-refractivity contribution is -0.822. The maximum absolute atomic E-state index is 13.5. The van der Waals surface area contributed by atoms with Crippen LogP contribution in [-0.4, -0.2) is 42.1 Å². The number of hydrogen-bond acceptors (Lipinski definition) is 6. The minimum atomic E-state index is -0.828.